The first-order valence-corrected chi connectivity index (χ1v) is 5.67. The quantitative estimate of drug-likeness (QED) is 0.798. The fourth-order valence-electron chi connectivity index (χ4n) is 1.94. The van der Waals surface area contributed by atoms with E-state index in [1.54, 1.807) is 6.20 Å². The van der Waals surface area contributed by atoms with Gasteiger partial charge < -0.3 is 15.0 Å². The van der Waals surface area contributed by atoms with Crippen molar-refractivity contribution in [2.75, 3.05) is 0 Å². The molecule has 2 heterocycles. The molecule has 2 N–H and O–H groups in total. The zero-order valence-electron chi connectivity index (χ0n) is 9.64. The number of nitrogens with zero attached hydrogens (tertiary/aromatic N) is 2. The molecule has 0 saturated heterocycles. The van der Waals surface area contributed by atoms with Crippen molar-refractivity contribution in [3.63, 3.8) is 0 Å². The topological polar surface area (TPSA) is 84.2 Å². The van der Waals surface area contributed by atoms with Crippen LogP contribution in [0.4, 0.5) is 0 Å². The van der Waals surface area contributed by atoms with Crippen LogP contribution in [0.15, 0.2) is 6.20 Å². The summed E-state index contributed by atoms with van der Waals surface area (Å²) < 4.78 is 1.87. The molecular weight excluding hydrogens is 222 g/mol. The van der Waals surface area contributed by atoms with E-state index >= 15 is 0 Å². The lowest BCUT2D eigenvalue weighted by molar-refractivity contribution is -0.138. The van der Waals surface area contributed by atoms with Gasteiger partial charge in [0.05, 0.1) is 0 Å². The summed E-state index contributed by atoms with van der Waals surface area (Å²) in [4.78, 5) is 26.6. The van der Waals surface area contributed by atoms with Gasteiger partial charge in [-0.1, -0.05) is 0 Å². The lowest BCUT2D eigenvalue weighted by Gasteiger charge is -2.16. The van der Waals surface area contributed by atoms with Crippen molar-refractivity contribution in [2.24, 2.45) is 0 Å². The number of aromatic nitrogens is 2. The number of carboxylic acid groups (broad SMARTS) is 1. The first-order valence-electron chi connectivity index (χ1n) is 5.67. The highest BCUT2D eigenvalue weighted by Gasteiger charge is 2.22. The molecule has 0 saturated carbocycles. The first kappa shape index (κ1) is 11.6. The van der Waals surface area contributed by atoms with E-state index < -0.39 is 17.9 Å². The molecule has 92 valence electrons. The lowest BCUT2D eigenvalue weighted by atomic mass is 10.1. The SMILES string of the molecule is C[C@@H](NC(=O)c1ncc2n1CCCC2)C(=O)O. The van der Waals surface area contributed by atoms with Crippen LogP contribution in [0.2, 0.25) is 0 Å². The summed E-state index contributed by atoms with van der Waals surface area (Å²) in [5.74, 6) is -1.16. The van der Waals surface area contributed by atoms with E-state index in [1.165, 1.54) is 6.92 Å². The van der Waals surface area contributed by atoms with Crippen molar-refractivity contribution in [3.05, 3.63) is 17.7 Å². The molecule has 6 heteroatoms. The number of carboxylic acids is 1. The number of carbonyl (C=O) groups excluding carboxylic acids is 1. The molecule has 0 fully saturated rings. The van der Waals surface area contributed by atoms with Gasteiger partial charge in [0.15, 0.2) is 5.82 Å². The van der Waals surface area contributed by atoms with Gasteiger partial charge in [0, 0.05) is 18.4 Å². The molecule has 2 rings (SSSR count). The Bertz CT molecular complexity index is 453. The van der Waals surface area contributed by atoms with Gasteiger partial charge in [-0.05, 0) is 26.2 Å². The molecular formula is C11H15N3O3. The highest BCUT2D eigenvalue weighted by Crippen LogP contribution is 2.16. The van der Waals surface area contributed by atoms with Crippen LogP contribution in [-0.2, 0) is 17.8 Å². The van der Waals surface area contributed by atoms with E-state index in [2.05, 4.69) is 10.3 Å². The number of hydrogen-bond acceptors (Lipinski definition) is 3. The van der Waals surface area contributed by atoms with Gasteiger partial charge in [0.25, 0.3) is 5.91 Å². The van der Waals surface area contributed by atoms with Gasteiger partial charge in [0.1, 0.15) is 6.04 Å². The van der Waals surface area contributed by atoms with E-state index in [0.717, 1.165) is 31.5 Å². The van der Waals surface area contributed by atoms with Crippen LogP contribution >= 0.6 is 0 Å². The predicted octanol–water partition coefficient (Wildman–Crippen LogP) is 0.422. The molecule has 6 nitrogen and oxygen atoms in total. The summed E-state index contributed by atoms with van der Waals surface area (Å²) in [6.07, 6.45) is 4.75. The summed E-state index contributed by atoms with van der Waals surface area (Å²) >= 11 is 0. The van der Waals surface area contributed by atoms with Crippen molar-refractivity contribution in [2.45, 2.75) is 38.8 Å². The van der Waals surface area contributed by atoms with Crippen LogP contribution in [0.3, 0.4) is 0 Å². The number of amides is 1. The van der Waals surface area contributed by atoms with Crippen LogP contribution < -0.4 is 5.32 Å². The molecule has 0 spiro atoms. The largest absolute Gasteiger partial charge is 0.480 e. The summed E-state index contributed by atoms with van der Waals surface area (Å²) in [5.41, 5.74) is 1.05. The molecule has 1 aliphatic heterocycles. The number of imidazole rings is 1. The standard InChI is InChI=1S/C11H15N3O3/c1-7(11(16)17)13-10(15)9-12-6-8-4-2-3-5-14(8)9/h6-7H,2-5H2,1H3,(H,13,15)(H,16,17)/t7-/m1/s1. The van der Waals surface area contributed by atoms with E-state index in [1.807, 2.05) is 4.57 Å². The normalized spacial score (nSPS) is 16.1. The van der Waals surface area contributed by atoms with Gasteiger partial charge in [-0.2, -0.15) is 0 Å². The third-order valence-corrected chi connectivity index (χ3v) is 2.92. The molecule has 1 aromatic rings. The van der Waals surface area contributed by atoms with E-state index in [9.17, 15) is 9.59 Å². The maximum atomic E-state index is 11.8. The third kappa shape index (κ3) is 2.30. The van der Waals surface area contributed by atoms with Gasteiger partial charge in [0.2, 0.25) is 0 Å². The molecule has 1 atom stereocenters. The number of aryl methyl sites for hydroxylation is 1. The Morgan fingerprint density at radius 1 is 1.53 bits per heavy atom. The van der Waals surface area contributed by atoms with Crippen LogP contribution in [0.25, 0.3) is 0 Å². The Hall–Kier alpha value is -1.85. The molecule has 0 aliphatic carbocycles. The zero-order chi connectivity index (χ0) is 12.4. The van der Waals surface area contributed by atoms with Gasteiger partial charge >= 0.3 is 5.97 Å². The Kier molecular flexibility index (Phi) is 3.12. The Morgan fingerprint density at radius 3 is 3.00 bits per heavy atom. The second-order valence-electron chi connectivity index (χ2n) is 4.22. The van der Waals surface area contributed by atoms with Crippen molar-refractivity contribution in [1.29, 1.82) is 0 Å². The Balaban J connectivity index is 2.14. The molecule has 1 aliphatic rings. The van der Waals surface area contributed by atoms with Crippen LogP contribution in [0, 0.1) is 0 Å². The lowest BCUT2D eigenvalue weighted by Crippen LogP contribution is -2.39. The molecule has 1 amide bonds. The smallest absolute Gasteiger partial charge is 0.325 e. The van der Waals surface area contributed by atoms with Gasteiger partial charge in [-0.3, -0.25) is 9.59 Å². The number of carbonyl (C=O) groups is 2. The number of fused-ring (bicyclic) bond motifs is 1. The number of rotatable bonds is 3. The van der Waals surface area contributed by atoms with E-state index in [4.69, 9.17) is 5.11 Å². The highest BCUT2D eigenvalue weighted by molar-refractivity contribution is 5.93. The zero-order valence-corrected chi connectivity index (χ0v) is 9.64. The third-order valence-electron chi connectivity index (χ3n) is 2.92. The van der Waals surface area contributed by atoms with Crippen molar-refractivity contribution in [3.8, 4) is 0 Å². The average molecular weight is 237 g/mol. The van der Waals surface area contributed by atoms with Crippen molar-refractivity contribution >= 4 is 11.9 Å². The predicted molar refractivity (Wildman–Crippen MR) is 59.7 cm³/mol. The average Bonchev–Trinajstić information content (AvgIpc) is 2.72. The number of hydrogen-bond donors (Lipinski definition) is 2. The Labute approximate surface area is 98.7 Å². The van der Waals surface area contributed by atoms with Gasteiger partial charge in [-0.15, -0.1) is 0 Å². The van der Waals surface area contributed by atoms with Crippen LogP contribution in [0.1, 0.15) is 36.1 Å². The summed E-state index contributed by atoms with van der Waals surface area (Å²) in [5, 5.41) is 11.1. The molecule has 1 aromatic heterocycles. The molecule has 17 heavy (non-hydrogen) atoms. The van der Waals surface area contributed by atoms with Crippen LogP contribution in [0.5, 0.6) is 0 Å². The number of aliphatic carboxylic acids is 1. The minimum absolute atomic E-state index is 0.313. The summed E-state index contributed by atoms with van der Waals surface area (Å²) in [6.45, 7) is 2.21. The molecule has 0 aromatic carbocycles. The van der Waals surface area contributed by atoms with E-state index in [-0.39, 0.29) is 0 Å². The second-order valence-corrected chi connectivity index (χ2v) is 4.22. The second kappa shape index (κ2) is 4.57. The minimum atomic E-state index is -1.05. The maximum Gasteiger partial charge on any atom is 0.325 e. The maximum absolute atomic E-state index is 11.8. The summed E-state index contributed by atoms with van der Waals surface area (Å²) in [7, 11) is 0. The summed E-state index contributed by atoms with van der Waals surface area (Å²) in [6, 6.07) is -0.904. The van der Waals surface area contributed by atoms with Crippen molar-refractivity contribution < 1.29 is 14.7 Å². The number of nitrogens with one attached hydrogen (secondary N) is 1. The molecule has 0 unspecified atom stereocenters. The fourth-order valence-corrected chi connectivity index (χ4v) is 1.94. The monoisotopic (exact) mass is 237 g/mol. The highest BCUT2D eigenvalue weighted by atomic mass is 16.4. The fraction of sp³-hybridized carbons (Fsp3) is 0.545. The molecule has 0 bridgehead atoms. The Morgan fingerprint density at radius 2 is 2.29 bits per heavy atom. The van der Waals surface area contributed by atoms with Crippen molar-refractivity contribution in [1.82, 2.24) is 14.9 Å². The molecule has 0 radical (unpaired) electrons. The van der Waals surface area contributed by atoms with Crippen LogP contribution in [-0.4, -0.2) is 32.6 Å². The first-order chi connectivity index (χ1) is 8.09. The van der Waals surface area contributed by atoms with Gasteiger partial charge in [-0.25, -0.2) is 4.98 Å². The minimum Gasteiger partial charge on any atom is -0.480 e. The van der Waals surface area contributed by atoms with E-state index in [0.29, 0.717) is 5.82 Å².